The van der Waals surface area contributed by atoms with Gasteiger partial charge < -0.3 is 4.57 Å². The van der Waals surface area contributed by atoms with Gasteiger partial charge in [-0.1, -0.05) is 74.0 Å². The highest BCUT2D eigenvalue weighted by Crippen LogP contribution is 2.31. The second-order valence-corrected chi connectivity index (χ2v) is 8.78. The minimum absolute atomic E-state index is 0.317. The molecule has 2 aromatic carbocycles. The quantitative estimate of drug-likeness (QED) is 0.373. The third-order valence-corrected chi connectivity index (χ3v) is 6.58. The summed E-state index contributed by atoms with van der Waals surface area (Å²) >= 11 is 0. The lowest BCUT2D eigenvalue weighted by Crippen LogP contribution is -2.37. The van der Waals surface area contributed by atoms with Gasteiger partial charge in [0.15, 0.2) is 11.2 Å². The van der Waals surface area contributed by atoms with Crippen LogP contribution in [0.5, 0.6) is 0 Å². The predicted molar refractivity (Wildman–Crippen MR) is 135 cm³/mol. The zero-order valence-electron chi connectivity index (χ0n) is 19.9. The van der Waals surface area contributed by atoms with Gasteiger partial charge in [0.2, 0.25) is 5.78 Å². The summed E-state index contributed by atoms with van der Waals surface area (Å²) in [5, 5.41) is 0. The number of unbranched alkanes of at least 4 members (excludes halogenated alkanes) is 1. The van der Waals surface area contributed by atoms with E-state index in [9.17, 15) is 9.59 Å². The highest BCUT2D eigenvalue weighted by Gasteiger charge is 2.25. The summed E-state index contributed by atoms with van der Waals surface area (Å²) < 4.78 is 6.86. The number of aromatic nitrogens is 5. The Labute approximate surface area is 197 Å². The van der Waals surface area contributed by atoms with Crippen LogP contribution in [0, 0.1) is 0 Å². The molecule has 0 saturated carbocycles. The maximum Gasteiger partial charge on any atom is 0.332 e. The maximum absolute atomic E-state index is 13.3. The third kappa shape index (κ3) is 3.48. The fourth-order valence-corrected chi connectivity index (χ4v) is 4.77. The van der Waals surface area contributed by atoms with E-state index in [0.717, 1.165) is 42.6 Å². The van der Waals surface area contributed by atoms with Gasteiger partial charge in [-0.15, -0.1) is 0 Å². The number of hydrogen-bond acceptors (Lipinski definition) is 3. The van der Waals surface area contributed by atoms with Crippen molar-refractivity contribution < 1.29 is 0 Å². The lowest BCUT2D eigenvalue weighted by atomic mass is 10.1. The van der Waals surface area contributed by atoms with E-state index in [1.807, 2.05) is 28.7 Å². The van der Waals surface area contributed by atoms with Gasteiger partial charge in [0, 0.05) is 26.2 Å². The molecule has 174 valence electrons. The minimum Gasteiger partial charge on any atom is -0.309 e. The summed E-state index contributed by atoms with van der Waals surface area (Å²) in [7, 11) is 3.20. The van der Waals surface area contributed by atoms with Crippen molar-refractivity contribution in [2.24, 2.45) is 14.1 Å². The van der Waals surface area contributed by atoms with Crippen LogP contribution in [-0.4, -0.2) is 23.1 Å². The van der Waals surface area contributed by atoms with Crippen molar-refractivity contribution in [2.75, 3.05) is 0 Å². The van der Waals surface area contributed by atoms with E-state index in [2.05, 4.69) is 47.9 Å². The molecule has 0 aliphatic heterocycles. The SMILES string of the molecule is CCCCc1c(-c2ccccc2)n(CCc2ccccc2)c2nc3c(c(=O)n(C)c(=O)n3C)n12. The zero-order chi connectivity index (χ0) is 23.8. The lowest BCUT2D eigenvalue weighted by molar-refractivity contribution is 0.703. The summed E-state index contributed by atoms with van der Waals surface area (Å²) in [6.45, 7) is 2.88. The molecule has 34 heavy (non-hydrogen) atoms. The van der Waals surface area contributed by atoms with Crippen molar-refractivity contribution in [3.63, 3.8) is 0 Å². The van der Waals surface area contributed by atoms with Crippen molar-refractivity contribution in [1.29, 1.82) is 0 Å². The van der Waals surface area contributed by atoms with Crippen molar-refractivity contribution >= 4 is 16.9 Å². The first-order chi connectivity index (χ1) is 16.5. The highest BCUT2D eigenvalue weighted by molar-refractivity contribution is 5.80. The average molecular weight is 456 g/mol. The van der Waals surface area contributed by atoms with Crippen molar-refractivity contribution in [3.8, 4) is 11.3 Å². The van der Waals surface area contributed by atoms with Crippen LogP contribution in [0.3, 0.4) is 0 Å². The zero-order valence-corrected chi connectivity index (χ0v) is 19.9. The number of imidazole rings is 2. The van der Waals surface area contributed by atoms with Crippen molar-refractivity contribution in [2.45, 2.75) is 39.2 Å². The second kappa shape index (κ2) is 8.82. The summed E-state index contributed by atoms with van der Waals surface area (Å²) in [5.74, 6) is 0.703. The molecule has 7 heteroatoms. The monoisotopic (exact) mass is 455 g/mol. The largest absolute Gasteiger partial charge is 0.332 e. The molecule has 0 aliphatic carbocycles. The molecule has 3 aromatic heterocycles. The highest BCUT2D eigenvalue weighted by atomic mass is 16.2. The number of nitrogens with zero attached hydrogens (tertiary/aromatic N) is 5. The van der Waals surface area contributed by atoms with Crippen LogP contribution < -0.4 is 11.2 Å². The van der Waals surface area contributed by atoms with Gasteiger partial charge in [0.25, 0.3) is 5.56 Å². The first-order valence-electron chi connectivity index (χ1n) is 11.8. The maximum atomic E-state index is 13.3. The van der Waals surface area contributed by atoms with Crippen LogP contribution in [-0.2, 0) is 33.5 Å². The van der Waals surface area contributed by atoms with Crippen LogP contribution in [0.1, 0.15) is 31.0 Å². The van der Waals surface area contributed by atoms with E-state index in [4.69, 9.17) is 4.98 Å². The van der Waals surface area contributed by atoms with Crippen molar-refractivity contribution in [1.82, 2.24) is 23.1 Å². The van der Waals surface area contributed by atoms with Crippen LogP contribution in [0.2, 0.25) is 0 Å². The summed E-state index contributed by atoms with van der Waals surface area (Å²) in [5.41, 5.74) is 4.69. The van der Waals surface area contributed by atoms with E-state index >= 15 is 0 Å². The summed E-state index contributed by atoms with van der Waals surface area (Å²) in [4.78, 5) is 30.8. The van der Waals surface area contributed by atoms with E-state index in [-0.39, 0.29) is 11.2 Å². The molecule has 0 atom stereocenters. The Morgan fingerprint density at radius 3 is 2.21 bits per heavy atom. The number of fused-ring (bicyclic) bond motifs is 3. The fraction of sp³-hybridized carbons (Fsp3) is 0.296. The number of aryl methyl sites for hydroxylation is 4. The van der Waals surface area contributed by atoms with Crippen LogP contribution >= 0.6 is 0 Å². The fourth-order valence-electron chi connectivity index (χ4n) is 4.77. The smallest absolute Gasteiger partial charge is 0.309 e. The number of benzene rings is 2. The molecule has 0 amide bonds. The molecule has 0 N–H and O–H groups in total. The second-order valence-electron chi connectivity index (χ2n) is 8.78. The Kier molecular flexibility index (Phi) is 5.69. The average Bonchev–Trinajstić information content (AvgIpc) is 3.40. The molecule has 0 bridgehead atoms. The van der Waals surface area contributed by atoms with Crippen LogP contribution in [0.25, 0.3) is 28.2 Å². The molecule has 0 fully saturated rings. The Balaban J connectivity index is 1.86. The molecular weight excluding hydrogens is 426 g/mol. The van der Waals surface area contributed by atoms with E-state index < -0.39 is 0 Å². The van der Waals surface area contributed by atoms with Crippen LogP contribution in [0.15, 0.2) is 70.3 Å². The van der Waals surface area contributed by atoms with Crippen LogP contribution in [0.4, 0.5) is 0 Å². The minimum atomic E-state index is -0.368. The predicted octanol–water partition coefficient (Wildman–Crippen LogP) is 3.94. The Morgan fingerprint density at radius 1 is 0.853 bits per heavy atom. The topological polar surface area (TPSA) is 66.2 Å². The molecule has 0 radical (unpaired) electrons. The number of rotatable bonds is 7. The van der Waals surface area contributed by atoms with E-state index in [1.165, 1.54) is 21.7 Å². The Hall–Kier alpha value is -3.87. The molecule has 5 aromatic rings. The summed E-state index contributed by atoms with van der Waals surface area (Å²) in [6, 6.07) is 20.7. The van der Waals surface area contributed by atoms with E-state index in [1.54, 1.807) is 7.05 Å². The Bertz CT molecular complexity index is 1590. The van der Waals surface area contributed by atoms with Gasteiger partial charge in [0.1, 0.15) is 0 Å². The molecule has 0 unspecified atom stereocenters. The normalized spacial score (nSPS) is 11.6. The van der Waals surface area contributed by atoms with Gasteiger partial charge in [-0.05, 0) is 24.8 Å². The van der Waals surface area contributed by atoms with E-state index in [0.29, 0.717) is 23.5 Å². The molecular formula is C27H29N5O2. The molecule has 0 aliphatic rings. The lowest BCUT2D eigenvalue weighted by Gasteiger charge is -2.12. The summed E-state index contributed by atoms with van der Waals surface area (Å²) in [6.07, 6.45) is 3.67. The molecule has 0 saturated heterocycles. The Morgan fingerprint density at radius 2 is 1.53 bits per heavy atom. The number of hydrogen-bond donors (Lipinski definition) is 0. The van der Waals surface area contributed by atoms with Gasteiger partial charge in [0.05, 0.1) is 11.4 Å². The van der Waals surface area contributed by atoms with Gasteiger partial charge >= 0.3 is 5.69 Å². The molecule has 3 heterocycles. The molecule has 7 nitrogen and oxygen atoms in total. The van der Waals surface area contributed by atoms with Gasteiger partial charge in [-0.25, -0.2) is 4.79 Å². The van der Waals surface area contributed by atoms with Gasteiger partial charge in [-0.3, -0.25) is 18.3 Å². The molecule has 5 rings (SSSR count). The molecule has 0 spiro atoms. The van der Waals surface area contributed by atoms with Gasteiger partial charge in [-0.2, -0.15) is 4.98 Å². The first kappa shape index (κ1) is 21.9. The standard InChI is InChI=1S/C27H29N5O2/c1-4-5-16-21-22(20-14-10-7-11-15-20)31(18-17-19-12-8-6-9-13-19)26-28-24-23(32(21)26)25(33)30(3)27(34)29(24)2/h6-15H,4-5,16-18H2,1-3H3. The third-order valence-electron chi connectivity index (χ3n) is 6.58. The van der Waals surface area contributed by atoms with Crippen molar-refractivity contribution in [3.05, 3.63) is 92.8 Å². The first-order valence-corrected chi connectivity index (χ1v) is 11.8.